The van der Waals surface area contributed by atoms with Crippen molar-refractivity contribution in [1.82, 2.24) is 4.90 Å². The Morgan fingerprint density at radius 1 is 1.03 bits per heavy atom. The third-order valence-corrected chi connectivity index (χ3v) is 7.83. The van der Waals surface area contributed by atoms with Crippen LogP contribution in [0.25, 0.3) is 0 Å². The van der Waals surface area contributed by atoms with Gasteiger partial charge in [0.2, 0.25) is 5.91 Å². The highest BCUT2D eigenvalue weighted by atomic mass is 16.5. The number of anilines is 1. The first-order chi connectivity index (χ1) is 14.7. The van der Waals surface area contributed by atoms with Crippen molar-refractivity contribution in [3.8, 4) is 5.75 Å². The van der Waals surface area contributed by atoms with E-state index in [1.54, 1.807) is 0 Å². The van der Waals surface area contributed by atoms with Crippen molar-refractivity contribution < 1.29 is 14.3 Å². The summed E-state index contributed by atoms with van der Waals surface area (Å²) in [7, 11) is 0. The summed E-state index contributed by atoms with van der Waals surface area (Å²) in [5, 5.41) is 3.14. The number of nitrogens with zero attached hydrogens (tertiary/aromatic N) is 1. The van der Waals surface area contributed by atoms with Crippen LogP contribution >= 0.6 is 0 Å². The van der Waals surface area contributed by atoms with Gasteiger partial charge in [0.15, 0.2) is 0 Å². The molecular formula is C25H36N2O3. The van der Waals surface area contributed by atoms with Gasteiger partial charge in [0, 0.05) is 31.7 Å². The molecule has 164 valence electrons. The van der Waals surface area contributed by atoms with Crippen LogP contribution in [0.1, 0.15) is 51.4 Å². The monoisotopic (exact) mass is 412 g/mol. The first-order valence-corrected chi connectivity index (χ1v) is 12.0. The van der Waals surface area contributed by atoms with E-state index >= 15 is 0 Å². The molecule has 6 rings (SSSR count). The van der Waals surface area contributed by atoms with Crippen molar-refractivity contribution in [2.24, 2.45) is 23.2 Å². The summed E-state index contributed by atoms with van der Waals surface area (Å²) in [5.41, 5.74) is 1.17. The van der Waals surface area contributed by atoms with Crippen LogP contribution in [-0.2, 0) is 9.53 Å². The molecule has 1 saturated heterocycles. The summed E-state index contributed by atoms with van der Waals surface area (Å²) in [4.78, 5) is 15.2. The largest absolute Gasteiger partial charge is 0.494 e. The van der Waals surface area contributed by atoms with Crippen molar-refractivity contribution in [3.05, 3.63) is 24.3 Å². The van der Waals surface area contributed by atoms with E-state index in [2.05, 4.69) is 10.2 Å². The van der Waals surface area contributed by atoms with Gasteiger partial charge in [0.05, 0.1) is 19.8 Å². The highest BCUT2D eigenvalue weighted by Gasteiger charge is 2.51. The number of hydrogen-bond acceptors (Lipinski definition) is 4. The second kappa shape index (κ2) is 8.88. The van der Waals surface area contributed by atoms with E-state index in [0.717, 1.165) is 75.1 Å². The maximum Gasteiger partial charge on any atom is 0.224 e. The molecule has 5 heteroatoms. The van der Waals surface area contributed by atoms with E-state index in [-0.39, 0.29) is 5.91 Å². The Morgan fingerprint density at radius 2 is 1.67 bits per heavy atom. The van der Waals surface area contributed by atoms with Crippen LogP contribution in [-0.4, -0.2) is 50.3 Å². The lowest BCUT2D eigenvalue weighted by atomic mass is 9.49. The van der Waals surface area contributed by atoms with Crippen LogP contribution in [0.5, 0.6) is 5.75 Å². The average Bonchev–Trinajstić information content (AvgIpc) is 2.72. The number of nitrogens with one attached hydrogen (secondary N) is 1. The molecule has 4 aliphatic carbocycles. The molecule has 5 fully saturated rings. The van der Waals surface area contributed by atoms with Gasteiger partial charge in [-0.3, -0.25) is 9.69 Å². The summed E-state index contributed by atoms with van der Waals surface area (Å²) in [6, 6.07) is 7.87. The molecule has 0 atom stereocenters. The summed E-state index contributed by atoms with van der Waals surface area (Å²) < 4.78 is 11.3. The van der Waals surface area contributed by atoms with Crippen molar-refractivity contribution in [2.75, 3.05) is 44.8 Å². The Bertz CT molecular complexity index is 691. The van der Waals surface area contributed by atoms with Gasteiger partial charge >= 0.3 is 0 Å². The summed E-state index contributed by atoms with van der Waals surface area (Å²) in [5.74, 6) is 3.74. The van der Waals surface area contributed by atoms with E-state index in [1.165, 1.54) is 38.5 Å². The number of morpholine rings is 1. The molecule has 0 radical (unpaired) electrons. The maximum absolute atomic E-state index is 12.8. The minimum absolute atomic E-state index is 0.191. The number of ether oxygens (including phenoxy) is 2. The molecule has 1 aromatic rings. The van der Waals surface area contributed by atoms with Crippen molar-refractivity contribution in [2.45, 2.75) is 51.4 Å². The van der Waals surface area contributed by atoms with Crippen LogP contribution in [0.15, 0.2) is 24.3 Å². The van der Waals surface area contributed by atoms with E-state index in [0.29, 0.717) is 11.8 Å². The first-order valence-electron chi connectivity index (χ1n) is 12.0. The molecule has 0 unspecified atom stereocenters. The maximum atomic E-state index is 12.8. The Hall–Kier alpha value is -1.59. The summed E-state index contributed by atoms with van der Waals surface area (Å²) >= 11 is 0. The lowest BCUT2D eigenvalue weighted by Crippen LogP contribution is -2.47. The molecule has 5 nitrogen and oxygen atoms in total. The van der Waals surface area contributed by atoms with Gasteiger partial charge in [-0.05, 0) is 92.4 Å². The fraction of sp³-hybridized carbons (Fsp3) is 0.720. The lowest BCUT2D eigenvalue weighted by molar-refractivity contribution is -0.124. The Balaban J connectivity index is 1.06. The molecule has 1 amide bonds. The van der Waals surface area contributed by atoms with Gasteiger partial charge in [-0.25, -0.2) is 0 Å². The molecule has 5 aliphatic rings. The molecule has 1 aliphatic heterocycles. The van der Waals surface area contributed by atoms with Gasteiger partial charge in [0.25, 0.3) is 0 Å². The van der Waals surface area contributed by atoms with Crippen LogP contribution in [0, 0.1) is 23.2 Å². The second-order valence-corrected chi connectivity index (χ2v) is 10.3. The average molecular weight is 413 g/mol. The van der Waals surface area contributed by atoms with Crippen LogP contribution < -0.4 is 10.1 Å². The van der Waals surface area contributed by atoms with E-state index in [4.69, 9.17) is 9.47 Å². The molecule has 0 spiro atoms. The highest BCUT2D eigenvalue weighted by molar-refractivity contribution is 5.91. The smallest absolute Gasteiger partial charge is 0.224 e. The molecular weight excluding hydrogens is 376 g/mol. The molecule has 1 aromatic carbocycles. The van der Waals surface area contributed by atoms with Crippen LogP contribution in [0.3, 0.4) is 0 Å². The topological polar surface area (TPSA) is 50.8 Å². The van der Waals surface area contributed by atoms with Gasteiger partial charge < -0.3 is 14.8 Å². The van der Waals surface area contributed by atoms with E-state index in [1.807, 2.05) is 24.3 Å². The highest BCUT2D eigenvalue weighted by Crippen LogP contribution is 2.61. The predicted octanol–water partition coefficient (Wildman–Crippen LogP) is 4.33. The first kappa shape index (κ1) is 20.3. The SMILES string of the molecule is O=C(CC12CC3CC(CC(C3)C1)C2)Nc1ccc(OCCCN2CCOCC2)cc1. The second-order valence-electron chi connectivity index (χ2n) is 10.3. The zero-order valence-corrected chi connectivity index (χ0v) is 18.1. The van der Waals surface area contributed by atoms with Gasteiger partial charge in [-0.1, -0.05) is 0 Å². The minimum Gasteiger partial charge on any atom is -0.494 e. The standard InChI is InChI=1S/C25H36N2O3/c28-24(18-25-15-19-12-20(16-25)14-21(13-19)17-25)26-22-2-4-23(5-3-22)30-9-1-6-27-7-10-29-11-8-27/h2-5,19-21H,1,6-18H2,(H,26,28). The normalized spacial score (nSPS) is 32.9. The summed E-state index contributed by atoms with van der Waals surface area (Å²) in [6.45, 7) is 5.51. The number of rotatable bonds is 8. The molecule has 4 saturated carbocycles. The number of benzene rings is 1. The van der Waals surface area contributed by atoms with Crippen molar-refractivity contribution in [3.63, 3.8) is 0 Å². The predicted molar refractivity (Wildman–Crippen MR) is 118 cm³/mol. The molecule has 30 heavy (non-hydrogen) atoms. The molecule has 1 N–H and O–H groups in total. The lowest BCUT2D eigenvalue weighted by Gasteiger charge is -2.56. The van der Waals surface area contributed by atoms with E-state index < -0.39 is 0 Å². The Kier molecular flexibility index (Phi) is 6.01. The fourth-order valence-corrected chi connectivity index (χ4v) is 6.99. The molecule has 4 bridgehead atoms. The quantitative estimate of drug-likeness (QED) is 0.646. The number of amides is 1. The Morgan fingerprint density at radius 3 is 2.30 bits per heavy atom. The number of carbonyl (C=O) groups excluding carboxylic acids is 1. The van der Waals surface area contributed by atoms with Gasteiger partial charge in [0.1, 0.15) is 5.75 Å². The fourth-order valence-electron chi connectivity index (χ4n) is 6.99. The number of hydrogen-bond donors (Lipinski definition) is 1. The molecule has 0 aromatic heterocycles. The molecule has 1 heterocycles. The zero-order valence-electron chi connectivity index (χ0n) is 18.1. The third kappa shape index (κ3) is 4.83. The van der Waals surface area contributed by atoms with Crippen molar-refractivity contribution >= 4 is 11.6 Å². The number of carbonyl (C=O) groups is 1. The van der Waals surface area contributed by atoms with Gasteiger partial charge in [-0.2, -0.15) is 0 Å². The third-order valence-electron chi connectivity index (χ3n) is 7.83. The minimum atomic E-state index is 0.191. The van der Waals surface area contributed by atoms with Crippen LogP contribution in [0.4, 0.5) is 5.69 Å². The summed E-state index contributed by atoms with van der Waals surface area (Å²) in [6.07, 6.45) is 9.84. The van der Waals surface area contributed by atoms with E-state index in [9.17, 15) is 4.79 Å². The zero-order chi connectivity index (χ0) is 20.4. The van der Waals surface area contributed by atoms with Crippen molar-refractivity contribution in [1.29, 1.82) is 0 Å². The Labute approximate surface area is 180 Å². The van der Waals surface area contributed by atoms with Crippen LogP contribution in [0.2, 0.25) is 0 Å². The van der Waals surface area contributed by atoms with Gasteiger partial charge in [-0.15, -0.1) is 0 Å².